The largest absolute Gasteiger partial charge is 0.389 e. The Bertz CT molecular complexity index is 1270. The van der Waals surface area contributed by atoms with Crippen molar-refractivity contribution in [1.82, 2.24) is 19.8 Å². The van der Waals surface area contributed by atoms with Crippen LogP contribution in [-0.2, 0) is 11.2 Å². The molecule has 1 fully saturated rings. The second-order valence-electron chi connectivity index (χ2n) is 8.51. The number of rotatable bonds is 5. The maximum Gasteiger partial charge on any atom is 0.294 e. The van der Waals surface area contributed by atoms with Crippen molar-refractivity contribution in [3.05, 3.63) is 57.4 Å². The molecule has 0 unspecified atom stereocenters. The van der Waals surface area contributed by atoms with Gasteiger partial charge in [0.1, 0.15) is 16.2 Å². The van der Waals surface area contributed by atoms with E-state index in [4.69, 9.17) is 11.6 Å². The summed E-state index contributed by atoms with van der Waals surface area (Å²) in [7, 11) is 2.94. The van der Waals surface area contributed by atoms with Crippen LogP contribution >= 0.6 is 22.9 Å². The molecule has 0 radical (unpaired) electrons. The predicted octanol–water partition coefficient (Wildman–Crippen LogP) is 2.96. The number of amides is 2. The maximum absolute atomic E-state index is 13.2. The summed E-state index contributed by atoms with van der Waals surface area (Å²) in [5, 5.41) is 12.4. The summed E-state index contributed by atoms with van der Waals surface area (Å²) in [5.74, 6) is -2.25. The second kappa shape index (κ2) is 9.36. The average molecular weight is 505 g/mol. The zero-order valence-corrected chi connectivity index (χ0v) is 20.1. The Hall–Kier alpha value is -2.95. The van der Waals surface area contributed by atoms with Crippen molar-refractivity contribution in [1.29, 1.82) is 0 Å². The number of ketones is 1. The van der Waals surface area contributed by atoms with Crippen molar-refractivity contribution in [3.63, 3.8) is 0 Å². The molecule has 1 saturated heterocycles. The fourth-order valence-corrected chi connectivity index (χ4v) is 5.00. The van der Waals surface area contributed by atoms with Gasteiger partial charge in [-0.05, 0) is 30.5 Å². The average Bonchev–Trinajstić information content (AvgIpc) is 3.21. The molecule has 3 aromatic rings. The van der Waals surface area contributed by atoms with Gasteiger partial charge in [0, 0.05) is 39.0 Å². The van der Waals surface area contributed by atoms with Crippen LogP contribution in [-0.4, -0.2) is 75.3 Å². The zero-order chi connectivity index (χ0) is 24.6. The lowest BCUT2D eigenvalue weighted by molar-refractivity contribution is -0.124. The molecule has 1 N–H and O–H groups in total. The van der Waals surface area contributed by atoms with E-state index in [2.05, 4.69) is 9.97 Å². The third-order valence-corrected chi connectivity index (χ3v) is 6.97. The Labute approximate surface area is 204 Å². The first-order valence-corrected chi connectivity index (χ1v) is 11.8. The highest BCUT2D eigenvalue weighted by Gasteiger charge is 2.35. The third-order valence-electron chi connectivity index (χ3n) is 5.84. The number of thiophene rings is 1. The molecule has 3 heterocycles. The van der Waals surface area contributed by atoms with Crippen molar-refractivity contribution in [2.45, 2.75) is 24.9 Å². The minimum absolute atomic E-state index is 0.0734. The summed E-state index contributed by atoms with van der Waals surface area (Å²) in [5.41, 5.74) is -0.0899. The number of halogens is 2. The van der Waals surface area contributed by atoms with E-state index >= 15 is 0 Å². The number of likely N-dealkylation sites (N-methyl/N-ethyl adjacent to an activating group) is 1. The van der Waals surface area contributed by atoms with Gasteiger partial charge in [-0.1, -0.05) is 23.7 Å². The van der Waals surface area contributed by atoms with Crippen LogP contribution in [0.3, 0.4) is 0 Å². The number of aliphatic hydroxyl groups is 1. The number of benzene rings is 1. The molecule has 178 valence electrons. The van der Waals surface area contributed by atoms with Crippen LogP contribution in [0, 0.1) is 5.82 Å². The van der Waals surface area contributed by atoms with Gasteiger partial charge in [-0.3, -0.25) is 14.4 Å². The van der Waals surface area contributed by atoms with E-state index in [1.807, 2.05) is 0 Å². The summed E-state index contributed by atoms with van der Waals surface area (Å²) in [4.78, 5) is 49.4. The number of hydrogen-bond acceptors (Lipinski definition) is 7. The Morgan fingerprint density at radius 2 is 1.82 bits per heavy atom. The van der Waals surface area contributed by atoms with Gasteiger partial charge in [-0.25, -0.2) is 14.4 Å². The zero-order valence-electron chi connectivity index (χ0n) is 18.5. The van der Waals surface area contributed by atoms with Crippen LogP contribution in [0.4, 0.5) is 4.39 Å². The molecule has 34 heavy (non-hydrogen) atoms. The standard InChI is InChI=1S/C23H22ClFN4O4S/c1-28(2)22(32)18(30)15-12-34-20-16(15)26-17(19(24)27-20)21(31)29-9-7-23(33,8-10-29)11-13-3-5-14(25)6-4-13/h3-6,12,33H,7-11H2,1-2H3. The number of carbonyl (C=O) groups excluding carboxylic acids is 3. The molecule has 2 amide bonds. The molecule has 2 aromatic heterocycles. The van der Waals surface area contributed by atoms with Gasteiger partial charge >= 0.3 is 0 Å². The number of fused-ring (bicyclic) bond motifs is 1. The quantitative estimate of drug-likeness (QED) is 0.423. The van der Waals surface area contributed by atoms with Crippen molar-refractivity contribution < 1.29 is 23.9 Å². The minimum atomic E-state index is -1.02. The summed E-state index contributed by atoms with van der Waals surface area (Å²) in [6.07, 6.45) is 0.994. The van der Waals surface area contributed by atoms with E-state index in [0.29, 0.717) is 24.1 Å². The van der Waals surface area contributed by atoms with Gasteiger partial charge in [0.2, 0.25) is 0 Å². The molecule has 0 atom stereocenters. The minimum Gasteiger partial charge on any atom is -0.389 e. The fraction of sp³-hybridized carbons (Fsp3) is 0.348. The normalized spacial score (nSPS) is 15.4. The number of nitrogens with zero attached hydrogens (tertiary/aromatic N) is 4. The number of likely N-dealkylation sites (tertiary alicyclic amines) is 1. The number of hydrogen-bond donors (Lipinski definition) is 1. The van der Waals surface area contributed by atoms with E-state index < -0.39 is 23.2 Å². The number of carbonyl (C=O) groups is 3. The Morgan fingerprint density at radius 1 is 1.18 bits per heavy atom. The lowest BCUT2D eigenvalue weighted by Gasteiger charge is -2.38. The van der Waals surface area contributed by atoms with Gasteiger partial charge in [0.05, 0.1) is 11.2 Å². The summed E-state index contributed by atoms with van der Waals surface area (Å²) in [6.45, 7) is 0.530. The molecule has 1 aliphatic rings. The first-order chi connectivity index (χ1) is 16.1. The highest BCUT2D eigenvalue weighted by atomic mass is 35.5. The van der Waals surface area contributed by atoms with E-state index in [1.54, 1.807) is 12.1 Å². The van der Waals surface area contributed by atoms with Gasteiger partial charge < -0.3 is 14.9 Å². The maximum atomic E-state index is 13.2. The summed E-state index contributed by atoms with van der Waals surface area (Å²) in [6, 6.07) is 5.97. The molecule has 0 saturated carbocycles. The Kier molecular flexibility index (Phi) is 6.66. The predicted molar refractivity (Wildman–Crippen MR) is 126 cm³/mol. The number of aromatic nitrogens is 2. The van der Waals surface area contributed by atoms with Crippen LogP contribution < -0.4 is 0 Å². The van der Waals surface area contributed by atoms with Gasteiger partial charge in [0.25, 0.3) is 17.6 Å². The van der Waals surface area contributed by atoms with E-state index in [0.717, 1.165) is 16.9 Å². The molecule has 0 bridgehead atoms. The first kappa shape index (κ1) is 24.2. The molecule has 1 aliphatic heterocycles. The van der Waals surface area contributed by atoms with Crippen molar-refractivity contribution in [2.24, 2.45) is 0 Å². The van der Waals surface area contributed by atoms with Gasteiger partial charge in [-0.15, -0.1) is 11.3 Å². The lowest BCUT2D eigenvalue weighted by atomic mass is 9.85. The lowest BCUT2D eigenvalue weighted by Crippen LogP contribution is -2.48. The van der Waals surface area contributed by atoms with Crippen LogP contribution in [0.2, 0.25) is 5.15 Å². The molecule has 0 spiro atoms. The van der Waals surface area contributed by atoms with Crippen LogP contribution in [0.25, 0.3) is 10.3 Å². The van der Waals surface area contributed by atoms with Crippen molar-refractivity contribution >= 4 is 50.9 Å². The molecule has 4 rings (SSSR count). The molecule has 1 aromatic carbocycles. The van der Waals surface area contributed by atoms with E-state index in [-0.39, 0.29) is 40.8 Å². The van der Waals surface area contributed by atoms with Gasteiger partial charge in [0.15, 0.2) is 10.8 Å². The van der Waals surface area contributed by atoms with E-state index in [9.17, 15) is 23.9 Å². The summed E-state index contributed by atoms with van der Waals surface area (Å²) >= 11 is 7.35. The van der Waals surface area contributed by atoms with Crippen LogP contribution in [0.1, 0.15) is 39.3 Å². The SMILES string of the molecule is CN(C)C(=O)C(=O)c1csc2nc(Cl)c(C(=O)N3CCC(O)(Cc4ccc(F)cc4)CC3)nc12. The molecule has 8 nitrogen and oxygen atoms in total. The topological polar surface area (TPSA) is 104 Å². The molecular formula is C23H22ClFN4O4S. The van der Waals surface area contributed by atoms with Gasteiger partial charge in [-0.2, -0.15) is 0 Å². The summed E-state index contributed by atoms with van der Waals surface area (Å²) < 4.78 is 13.1. The monoisotopic (exact) mass is 504 g/mol. The Morgan fingerprint density at radius 3 is 2.44 bits per heavy atom. The fourth-order valence-electron chi connectivity index (χ4n) is 3.88. The highest BCUT2D eigenvalue weighted by Crippen LogP contribution is 2.30. The number of Topliss-reactive ketones (excluding diaryl/α,β-unsaturated/α-hetero) is 1. The van der Waals surface area contributed by atoms with Crippen LogP contribution in [0.15, 0.2) is 29.6 Å². The Balaban J connectivity index is 1.52. The first-order valence-electron chi connectivity index (χ1n) is 10.5. The van der Waals surface area contributed by atoms with Crippen molar-refractivity contribution in [2.75, 3.05) is 27.2 Å². The van der Waals surface area contributed by atoms with E-state index in [1.165, 1.54) is 41.4 Å². The second-order valence-corrected chi connectivity index (χ2v) is 9.73. The molecule has 0 aliphatic carbocycles. The van der Waals surface area contributed by atoms with Crippen LogP contribution in [0.5, 0.6) is 0 Å². The van der Waals surface area contributed by atoms with Crippen molar-refractivity contribution in [3.8, 4) is 0 Å². The highest BCUT2D eigenvalue weighted by molar-refractivity contribution is 7.17. The number of piperidine rings is 1. The third kappa shape index (κ3) is 4.79. The smallest absolute Gasteiger partial charge is 0.294 e. The molecular weight excluding hydrogens is 483 g/mol. The molecule has 11 heteroatoms.